The topological polar surface area (TPSA) is 50.1 Å². The highest BCUT2D eigenvalue weighted by molar-refractivity contribution is 9.10. The molecule has 1 saturated carbocycles. The third-order valence-electron chi connectivity index (χ3n) is 4.02. The molecule has 2 unspecified atom stereocenters. The van der Waals surface area contributed by atoms with E-state index in [-0.39, 0.29) is 6.10 Å². The number of halogens is 1. The fraction of sp³-hybridized carbons (Fsp3) is 0.786. The molecule has 108 valence electrons. The number of hydrogen-bond donors (Lipinski definition) is 2. The Hall–Kier alpha value is -0.390. The molecule has 1 fully saturated rings. The van der Waals surface area contributed by atoms with Crippen molar-refractivity contribution in [2.45, 2.75) is 58.7 Å². The molecular formula is C14H24BrN3O. The fourth-order valence-corrected chi connectivity index (χ4v) is 3.26. The maximum atomic E-state index is 9.96. The molecule has 0 bridgehead atoms. The van der Waals surface area contributed by atoms with Gasteiger partial charge in [-0.1, -0.05) is 12.8 Å². The first-order valence-corrected chi connectivity index (χ1v) is 8.03. The van der Waals surface area contributed by atoms with Gasteiger partial charge >= 0.3 is 0 Å². The summed E-state index contributed by atoms with van der Waals surface area (Å²) < 4.78 is 3.13. The zero-order valence-electron chi connectivity index (χ0n) is 11.8. The van der Waals surface area contributed by atoms with E-state index < -0.39 is 0 Å². The first-order chi connectivity index (χ1) is 9.13. The van der Waals surface area contributed by atoms with Gasteiger partial charge in [-0.2, -0.15) is 5.10 Å². The summed E-state index contributed by atoms with van der Waals surface area (Å²) in [4.78, 5) is 0. The summed E-state index contributed by atoms with van der Waals surface area (Å²) >= 11 is 3.61. The van der Waals surface area contributed by atoms with Crippen LogP contribution < -0.4 is 5.32 Å². The summed E-state index contributed by atoms with van der Waals surface area (Å²) in [5.41, 5.74) is 2.24. The summed E-state index contributed by atoms with van der Waals surface area (Å²) in [6.07, 6.45) is 4.40. The van der Waals surface area contributed by atoms with E-state index in [1.54, 1.807) is 0 Å². The summed E-state index contributed by atoms with van der Waals surface area (Å²) in [7, 11) is 0. The second kappa shape index (κ2) is 6.86. The van der Waals surface area contributed by atoms with E-state index in [0.29, 0.717) is 5.92 Å². The van der Waals surface area contributed by atoms with Crippen LogP contribution in [0.2, 0.25) is 0 Å². The molecule has 0 saturated heterocycles. The third kappa shape index (κ3) is 3.58. The molecule has 0 aromatic carbocycles. The predicted molar refractivity (Wildman–Crippen MR) is 80.0 cm³/mol. The predicted octanol–water partition coefficient (Wildman–Crippen LogP) is 2.61. The van der Waals surface area contributed by atoms with Gasteiger partial charge in [0.2, 0.25) is 0 Å². The molecule has 0 aliphatic heterocycles. The molecule has 4 nitrogen and oxygen atoms in total. The quantitative estimate of drug-likeness (QED) is 0.873. The highest BCUT2D eigenvalue weighted by Gasteiger charge is 2.22. The minimum atomic E-state index is -0.123. The highest BCUT2D eigenvalue weighted by Crippen LogP contribution is 2.24. The number of aryl methyl sites for hydroxylation is 2. The van der Waals surface area contributed by atoms with Crippen LogP contribution in [-0.2, 0) is 13.1 Å². The Bertz CT molecular complexity index is 419. The monoisotopic (exact) mass is 329 g/mol. The average Bonchev–Trinajstić information content (AvgIpc) is 2.68. The summed E-state index contributed by atoms with van der Waals surface area (Å²) in [5.74, 6) is 0.409. The van der Waals surface area contributed by atoms with Gasteiger partial charge in [0.15, 0.2) is 0 Å². The molecule has 2 rings (SSSR count). The van der Waals surface area contributed by atoms with Gasteiger partial charge in [-0.05, 0) is 48.5 Å². The second-order valence-corrected chi connectivity index (χ2v) is 6.20. The maximum Gasteiger partial charge on any atom is 0.0739 e. The molecule has 0 radical (unpaired) electrons. The molecular weight excluding hydrogens is 306 g/mol. The minimum Gasteiger partial charge on any atom is -0.393 e. The van der Waals surface area contributed by atoms with E-state index in [4.69, 9.17) is 0 Å². The summed E-state index contributed by atoms with van der Waals surface area (Å²) in [6.45, 7) is 6.70. The lowest BCUT2D eigenvalue weighted by Gasteiger charge is -2.27. The SMILES string of the molecule is CCn1nc(C)c(Br)c1CNCC1CCCCC1O. The lowest BCUT2D eigenvalue weighted by Crippen LogP contribution is -2.34. The molecule has 1 heterocycles. The lowest BCUT2D eigenvalue weighted by atomic mass is 9.86. The smallest absolute Gasteiger partial charge is 0.0739 e. The first-order valence-electron chi connectivity index (χ1n) is 7.24. The van der Waals surface area contributed by atoms with Crippen LogP contribution in [-0.4, -0.2) is 27.5 Å². The Kier molecular flexibility index (Phi) is 5.42. The number of aliphatic hydroxyl groups excluding tert-OH is 1. The fourth-order valence-electron chi connectivity index (χ4n) is 2.84. The van der Waals surface area contributed by atoms with E-state index in [0.717, 1.165) is 42.6 Å². The van der Waals surface area contributed by atoms with Gasteiger partial charge in [0, 0.05) is 19.6 Å². The van der Waals surface area contributed by atoms with Crippen molar-refractivity contribution in [2.24, 2.45) is 5.92 Å². The number of hydrogen-bond acceptors (Lipinski definition) is 3. The van der Waals surface area contributed by atoms with Crippen molar-refractivity contribution in [3.05, 3.63) is 15.9 Å². The van der Waals surface area contributed by atoms with Crippen molar-refractivity contribution < 1.29 is 5.11 Å². The molecule has 19 heavy (non-hydrogen) atoms. The van der Waals surface area contributed by atoms with Crippen molar-refractivity contribution in [2.75, 3.05) is 6.54 Å². The normalized spacial score (nSPS) is 23.8. The Morgan fingerprint density at radius 2 is 2.16 bits per heavy atom. The number of nitrogens with one attached hydrogen (secondary N) is 1. The van der Waals surface area contributed by atoms with Crippen molar-refractivity contribution in [1.82, 2.24) is 15.1 Å². The molecule has 1 aromatic rings. The van der Waals surface area contributed by atoms with Crippen LogP contribution in [0.25, 0.3) is 0 Å². The van der Waals surface area contributed by atoms with Crippen molar-refractivity contribution in [3.8, 4) is 0 Å². The van der Waals surface area contributed by atoms with Gasteiger partial charge in [-0.25, -0.2) is 0 Å². The van der Waals surface area contributed by atoms with Gasteiger partial charge in [0.25, 0.3) is 0 Å². The largest absolute Gasteiger partial charge is 0.393 e. The Labute approximate surface area is 123 Å². The van der Waals surface area contributed by atoms with E-state index in [1.165, 1.54) is 18.5 Å². The van der Waals surface area contributed by atoms with Gasteiger partial charge in [-0.3, -0.25) is 4.68 Å². The van der Waals surface area contributed by atoms with E-state index in [1.807, 2.05) is 11.6 Å². The Morgan fingerprint density at radius 1 is 1.42 bits per heavy atom. The Morgan fingerprint density at radius 3 is 2.84 bits per heavy atom. The van der Waals surface area contributed by atoms with Gasteiger partial charge in [0.1, 0.15) is 0 Å². The molecule has 0 spiro atoms. The molecule has 5 heteroatoms. The molecule has 2 N–H and O–H groups in total. The van der Waals surface area contributed by atoms with E-state index in [2.05, 4.69) is 33.3 Å². The van der Waals surface area contributed by atoms with Crippen LogP contribution in [0.1, 0.15) is 44.0 Å². The van der Waals surface area contributed by atoms with Crippen molar-refractivity contribution in [1.29, 1.82) is 0 Å². The van der Waals surface area contributed by atoms with Crippen LogP contribution in [0.3, 0.4) is 0 Å². The van der Waals surface area contributed by atoms with Crippen LogP contribution in [0, 0.1) is 12.8 Å². The summed E-state index contributed by atoms with van der Waals surface area (Å²) in [5, 5.41) is 17.9. The van der Waals surface area contributed by atoms with Crippen LogP contribution in [0.4, 0.5) is 0 Å². The first kappa shape index (κ1) is 15.0. The van der Waals surface area contributed by atoms with E-state index in [9.17, 15) is 5.11 Å². The van der Waals surface area contributed by atoms with E-state index >= 15 is 0 Å². The molecule has 2 atom stereocenters. The van der Waals surface area contributed by atoms with Gasteiger partial charge in [0.05, 0.1) is 22.0 Å². The number of aromatic nitrogens is 2. The van der Waals surface area contributed by atoms with Crippen LogP contribution in [0.5, 0.6) is 0 Å². The zero-order chi connectivity index (χ0) is 13.8. The van der Waals surface area contributed by atoms with Crippen LogP contribution >= 0.6 is 15.9 Å². The van der Waals surface area contributed by atoms with Crippen LogP contribution in [0.15, 0.2) is 4.47 Å². The molecule has 0 amide bonds. The molecule has 1 aromatic heterocycles. The second-order valence-electron chi connectivity index (χ2n) is 5.40. The van der Waals surface area contributed by atoms with Gasteiger partial charge < -0.3 is 10.4 Å². The van der Waals surface area contributed by atoms with Crippen molar-refractivity contribution >= 4 is 15.9 Å². The van der Waals surface area contributed by atoms with Gasteiger partial charge in [-0.15, -0.1) is 0 Å². The number of aliphatic hydroxyl groups is 1. The third-order valence-corrected chi connectivity index (χ3v) is 5.05. The minimum absolute atomic E-state index is 0.123. The highest BCUT2D eigenvalue weighted by atomic mass is 79.9. The number of rotatable bonds is 5. The van der Waals surface area contributed by atoms with Crippen molar-refractivity contribution in [3.63, 3.8) is 0 Å². The Balaban J connectivity index is 1.88. The summed E-state index contributed by atoms with van der Waals surface area (Å²) in [6, 6.07) is 0. The molecule has 1 aliphatic rings. The average molecular weight is 330 g/mol. The number of nitrogens with zero attached hydrogens (tertiary/aromatic N) is 2. The lowest BCUT2D eigenvalue weighted by molar-refractivity contribution is 0.0694. The molecule has 1 aliphatic carbocycles. The zero-order valence-corrected chi connectivity index (χ0v) is 13.4. The standard InChI is InChI=1S/C14H24BrN3O/c1-3-18-12(14(15)10(2)17-18)9-16-8-11-6-4-5-7-13(11)19/h11,13,16,19H,3-9H2,1-2H3. The maximum absolute atomic E-state index is 9.96.